The van der Waals surface area contributed by atoms with Crippen LogP contribution in [0.5, 0.6) is 0 Å². The number of nitrogens with zero attached hydrogens (tertiary/aromatic N) is 5. The van der Waals surface area contributed by atoms with Gasteiger partial charge in [0.25, 0.3) is 5.91 Å². The largest absolute Gasteiger partial charge is 0.369 e. The summed E-state index contributed by atoms with van der Waals surface area (Å²) >= 11 is 1.51. The van der Waals surface area contributed by atoms with E-state index < -0.39 is 0 Å². The molecule has 0 radical (unpaired) electrons. The van der Waals surface area contributed by atoms with Crippen molar-refractivity contribution < 1.29 is 4.79 Å². The van der Waals surface area contributed by atoms with Crippen molar-refractivity contribution in [1.29, 1.82) is 0 Å². The number of pyridine rings is 1. The quantitative estimate of drug-likeness (QED) is 0.438. The maximum Gasteiger partial charge on any atom is 0.286 e. The summed E-state index contributed by atoms with van der Waals surface area (Å²) in [5.41, 5.74) is 6.92. The van der Waals surface area contributed by atoms with Crippen LogP contribution in [0, 0.1) is 6.92 Å². The molecule has 4 heterocycles. The molecule has 37 heavy (non-hydrogen) atoms. The first-order chi connectivity index (χ1) is 18.0. The number of amides is 1. The van der Waals surface area contributed by atoms with Crippen LogP contribution in [0.2, 0.25) is 0 Å². The minimum Gasteiger partial charge on any atom is -0.369 e. The fourth-order valence-corrected chi connectivity index (χ4v) is 6.47. The average molecular weight is 512 g/mol. The lowest BCUT2D eigenvalue weighted by atomic mass is 9.97. The van der Waals surface area contributed by atoms with E-state index in [0.29, 0.717) is 4.91 Å². The topological polar surface area (TPSA) is 52.0 Å². The summed E-state index contributed by atoms with van der Waals surface area (Å²) in [5, 5.41) is 1.95. The maximum atomic E-state index is 12.7. The number of hydrogen-bond acceptors (Lipinski definition) is 6. The Morgan fingerprint density at radius 2 is 1.70 bits per heavy atom. The van der Waals surface area contributed by atoms with Gasteiger partial charge in [0, 0.05) is 56.5 Å². The highest BCUT2D eigenvalue weighted by atomic mass is 32.2. The first-order valence-corrected chi connectivity index (χ1v) is 14.1. The van der Waals surface area contributed by atoms with Crippen LogP contribution in [0.1, 0.15) is 30.4 Å². The zero-order valence-corrected chi connectivity index (χ0v) is 22.4. The number of benzene rings is 2. The Labute approximate surface area is 223 Å². The highest BCUT2D eigenvalue weighted by Crippen LogP contribution is 2.35. The van der Waals surface area contributed by atoms with E-state index in [2.05, 4.69) is 69.0 Å². The number of rotatable bonds is 3. The van der Waals surface area contributed by atoms with Gasteiger partial charge in [-0.2, -0.15) is 4.99 Å². The van der Waals surface area contributed by atoms with Crippen molar-refractivity contribution in [2.45, 2.75) is 26.2 Å². The van der Waals surface area contributed by atoms with Gasteiger partial charge >= 0.3 is 0 Å². The maximum absolute atomic E-state index is 12.7. The fraction of sp³-hybridized carbons (Fsp3) is 0.367. The van der Waals surface area contributed by atoms with Gasteiger partial charge in [-0.05, 0) is 104 Å². The summed E-state index contributed by atoms with van der Waals surface area (Å²) < 4.78 is 0. The molecule has 3 aliphatic rings. The predicted octanol–water partition coefficient (Wildman–Crippen LogP) is 5.42. The van der Waals surface area contributed by atoms with Gasteiger partial charge in [-0.25, -0.2) is 0 Å². The molecule has 0 aliphatic carbocycles. The number of carbonyl (C=O) groups is 1. The number of likely N-dealkylation sites (N-methyl/N-ethyl adjacent to an activating group) is 1. The molecule has 2 saturated heterocycles. The van der Waals surface area contributed by atoms with Gasteiger partial charge in [-0.1, -0.05) is 12.1 Å². The third-order valence-corrected chi connectivity index (χ3v) is 8.70. The Morgan fingerprint density at radius 1 is 0.892 bits per heavy atom. The molecule has 0 bridgehead atoms. The number of aryl methyl sites for hydroxylation is 1. The summed E-state index contributed by atoms with van der Waals surface area (Å²) in [7, 11) is 2.19. The first-order valence-electron chi connectivity index (χ1n) is 13.3. The van der Waals surface area contributed by atoms with Crippen molar-refractivity contribution in [3.8, 4) is 11.1 Å². The molecule has 0 unspecified atom stereocenters. The van der Waals surface area contributed by atoms with Gasteiger partial charge in [0.1, 0.15) is 0 Å². The van der Waals surface area contributed by atoms with Crippen LogP contribution in [0.15, 0.2) is 58.6 Å². The molecule has 1 aromatic heterocycles. The number of amidine groups is 1. The van der Waals surface area contributed by atoms with E-state index in [1.54, 1.807) is 0 Å². The average Bonchev–Trinajstić information content (AvgIpc) is 3.29. The molecule has 3 aliphatic heterocycles. The molecule has 2 fully saturated rings. The molecule has 2 aromatic carbocycles. The minimum absolute atomic E-state index is 0.132. The molecule has 0 N–H and O–H groups in total. The fourth-order valence-electron chi connectivity index (χ4n) is 5.50. The van der Waals surface area contributed by atoms with Gasteiger partial charge in [-0.3, -0.25) is 9.78 Å². The molecule has 0 spiro atoms. The van der Waals surface area contributed by atoms with Crippen molar-refractivity contribution in [2.24, 2.45) is 4.99 Å². The molecule has 6 nitrogen and oxygen atoms in total. The molecular weight excluding hydrogens is 478 g/mol. The zero-order valence-electron chi connectivity index (χ0n) is 21.6. The minimum atomic E-state index is -0.132. The second-order valence-corrected chi connectivity index (χ2v) is 11.3. The van der Waals surface area contributed by atoms with Gasteiger partial charge in [-0.15, -0.1) is 0 Å². The Kier molecular flexibility index (Phi) is 6.74. The normalized spacial score (nSPS) is 20.2. The summed E-state index contributed by atoms with van der Waals surface area (Å²) in [6.45, 7) is 8.51. The van der Waals surface area contributed by atoms with Crippen molar-refractivity contribution >= 4 is 45.5 Å². The second-order valence-electron chi connectivity index (χ2n) is 10.3. The monoisotopic (exact) mass is 511 g/mol. The number of aliphatic imine (C=N–C) groups is 1. The van der Waals surface area contributed by atoms with Crippen LogP contribution >= 0.6 is 11.8 Å². The standard InChI is InChI=1S/C30H33N5OS/c1-21-18-23(7-9-27(21)34-16-14-33(2)15-17-34)24-10-11-31-26-8-6-22(19-25(24)26)20-28-29(36)32-30(37-28)35-12-4-3-5-13-35/h6-11,18-20H,3-5,12-17H2,1-2H3. The predicted molar refractivity (Wildman–Crippen MR) is 155 cm³/mol. The number of piperidine rings is 1. The molecule has 6 rings (SSSR count). The first kappa shape index (κ1) is 24.2. The van der Waals surface area contributed by atoms with Crippen LogP contribution in [0.4, 0.5) is 5.69 Å². The third kappa shape index (κ3) is 5.03. The van der Waals surface area contributed by atoms with E-state index in [1.807, 2.05) is 24.4 Å². The van der Waals surface area contributed by atoms with E-state index in [0.717, 1.165) is 66.5 Å². The van der Waals surface area contributed by atoms with Crippen molar-refractivity contribution in [3.63, 3.8) is 0 Å². The molecule has 0 atom stereocenters. The molecule has 7 heteroatoms. The Hall–Kier alpha value is -3.16. The van der Waals surface area contributed by atoms with E-state index in [-0.39, 0.29) is 5.91 Å². The lowest BCUT2D eigenvalue weighted by Gasteiger charge is -2.35. The number of hydrogen-bond donors (Lipinski definition) is 0. The van der Waals surface area contributed by atoms with Gasteiger partial charge < -0.3 is 14.7 Å². The Bertz CT molecular complexity index is 1400. The molecule has 1 amide bonds. The lowest BCUT2D eigenvalue weighted by molar-refractivity contribution is -0.113. The van der Waals surface area contributed by atoms with E-state index in [4.69, 9.17) is 0 Å². The van der Waals surface area contributed by atoms with E-state index >= 15 is 0 Å². The van der Waals surface area contributed by atoms with E-state index in [1.165, 1.54) is 47.8 Å². The molecule has 0 saturated carbocycles. The van der Waals surface area contributed by atoms with Crippen LogP contribution in [-0.4, -0.2) is 72.2 Å². The van der Waals surface area contributed by atoms with Gasteiger partial charge in [0.15, 0.2) is 5.17 Å². The van der Waals surface area contributed by atoms with E-state index in [9.17, 15) is 4.79 Å². The summed E-state index contributed by atoms with van der Waals surface area (Å²) in [4.78, 5) is 29.5. The summed E-state index contributed by atoms with van der Waals surface area (Å²) in [5.74, 6) is -0.132. The highest BCUT2D eigenvalue weighted by molar-refractivity contribution is 8.18. The van der Waals surface area contributed by atoms with Crippen molar-refractivity contribution in [1.82, 2.24) is 14.8 Å². The summed E-state index contributed by atoms with van der Waals surface area (Å²) in [6, 6.07) is 15.1. The Balaban J connectivity index is 1.28. The SMILES string of the molecule is Cc1cc(-c2ccnc3ccc(C=C4SC(N5CCCCC5)=NC4=O)cc23)ccc1N1CCN(C)CC1. The van der Waals surface area contributed by atoms with Crippen molar-refractivity contribution in [2.75, 3.05) is 51.2 Å². The number of fused-ring (bicyclic) bond motifs is 1. The lowest BCUT2D eigenvalue weighted by Crippen LogP contribution is -2.44. The number of aromatic nitrogens is 1. The van der Waals surface area contributed by atoms with Crippen molar-refractivity contribution in [3.05, 3.63) is 64.7 Å². The molecular formula is C30H33N5OS. The van der Waals surface area contributed by atoms with Crippen LogP contribution < -0.4 is 4.90 Å². The van der Waals surface area contributed by atoms with Crippen LogP contribution in [-0.2, 0) is 4.79 Å². The number of carbonyl (C=O) groups excluding carboxylic acids is 1. The Morgan fingerprint density at radius 3 is 2.49 bits per heavy atom. The smallest absolute Gasteiger partial charge is 0.286 e. The summed E-state index contributed by atoms with van der Waals surface area (Å²) in [6.07, 6.45) is 7.46. The van der Waals surface area contributed by atoms with Crippen LogP contribution in [0.25, 0.3) is 28.1 Å². The molecule has 190 valence electrons. The third-order valence-electron chi connectivity index (χ3n) is 7.65. The number of anilines is 1. The zero-order chi connectivity index (χ0) is 25.4. The number of piperazine rings is 1. The van der Waals surface area contributed by atoms with Gasteiger partial charge in [0.05, 0.1) is 10.4 Å². The highest BCUT2D eigenvalue weighted by Gasteiger charge is 2.27. The van der Waals surface area contributed by atoms with Gasteiger partial charge in [0.2, 0.25) is 0 Å². The van der Waals surface area contributed by atoms with Crippen LogP contribution in [0.3, 0.4) is 0 Å². The second kappa shape index (κ2) is 10.3. The number of thioether (sulfide) groups is 1. The molecule has 3 aromatic rings. The number of likely N-dealkylation sites (tertiary alicyclic amines) is 1.